The fourth-order valence-corrected chi connectivity index (χ4v) is 2.14. The molecular weight excluding hydrogens is 274 g/mol. The fourth-order valence-electron chi connectivity index (χ4n) is 2.14. The van der Waals surface area contributed by atoms with Crippen LogP contribution in [-0.2, 0) is 9.59 Å². The standard InChI is InChI=1S/C14H17N3O4/c15-14(21)17-10(8-4-2-1-3-5-8)12(18)16-11(13(19)20)9-6-7-9/h1-5,9-11H,6-7H2,(H,16,18)(H,19,20)(H3,15,17,21). The molecule has 0 saturated heterocycles. The Bertz CT molecular complexity index is 542. The summed E-state index contributed by atoms with van der Waals surface area (Å²) in [4.78, 5) is 34.5. The first kappa shape index (κ1) is 14.8. The summed E-state index contributed by atoms with van der Waals surface area (Å²) >= 11 is 0. The zero-order valence-corrected chi connectivity index (χ0v) is 11.3. The molecule has 112 valence electrons. The van der Waals surface area contributed by atoms with Crippen LogP contribution in [0.3, 0.4) is 0 Å². The van der Waals surface area contributed by atoms with Gasteiger partial charge in [0.1, 0.15) is 12.1 Å². The molecule has 1 aliphatic carbocycles. The van der Waals surface area contributed by atoms with Gasteiger partial charge in [-0.05, 0) is 24.3 Å². The molecule has 1 saturated carbocycles. The lowest BCUT2D eigenvalue weighted by Crippen LogP contribution is -2.49. The molecule has 0 heterocycles. The number of carbonyl (C=O) groups excluding carboxylic acids is 2. The fraction of sp³-hybridized carbons (Fsp3) is 0.357. The molecule has 1 aromatic rings. The number of amides is 3. The van der Waals surface area contributed by atoms with Crippen molar-refractivity contribution in [2.45, 2.75) is 24.9 Å². The molecule has 1 fully saturated rings. The number of hydrogen-bond acceptors (Lipinski definition) is 3. The van der Waals surface area contributed by atoms with E-state index in [1.54, 1.807) is 30.3 Å². The van der Waals surface area contributed by atoms with Crippen molar-refractivity contribution in [3.8, 4) is 0 Å². The molecule has 0 aromatic heterocycles. The first-order valence-corrected chi connectivity index (χ1v) is 6.63. The van der Waals surface area contributed by atoms with Crippen molar-refractivity contribution in [2.24, 2.45) is 11.7 Å². The highest BCUT2D eigenvalue weighted by atomic mass is 16.4. The van der Waals surface area contributed by atoms with Gasteiger partial charge in [0.25, 0.3) is 0 Å². The second-order valence-corrected chi connectivity index (χ2v) is 5.01. The van der Waals surface area contributed by atoms with Gasteiger partial charge in [-0.3, -0.25) is 4.79 Å². The first-order valence-electron chi connectivity index (χ1n) is 6.63. The van der Waals surface area contributed by atoms with E-state index in [0.717, 1.165) is 12.8 Å². The van der Waals surface area contributed by atoms with Gasteiger partial charge in [0, 0.05) is 0 Å². The number of carbonyl (C=O) groups is 3. The van der Waals surface area contributed by atoms with Crippen LogP contribution in [0.25, 0.3) is 0 Å². The number of nitrogens with two attached hydrogens (primary N) is 1. The molecule has 2 atom stereocenters. The second kappa shape index (κ2) is 6.25. The quantitative estimate of drug-likeness (QED) is 0.605. The summed E-state index contributed by atoms with van der Waals surface area (Å²) in [6, 6.07) is 5.73. The number of hydrogen-bond donors (Lipinski definition) is 4. The van der Waals surface area contributed by atoms with Crippen molar-refractivity contribution >= 4 is 17.9 Å². The van der Waals surface area contributed by atoms with Gasteiger partial charge in [-0.1, -0.05) is 30.3 Å². The van der Waals surface area contributed by atoms with Gasteiger partial charge < -0.3 is 21.5 Å². The van der Waals surface area contributed by atoms with E-state index in [-0.39, 0.29) is 5.92 Å². The van der Waals surface area contributed by atoms with Crippen LogP contribution >= 0.6 is 0 Å². The molecule has 7 nitrogen and oxygen atoms in total. The minimum atomic E-state index is -1.07. The van der Waals surface area contributed by atoms with Crippen LogP contribution in [0.5, 0.6) is 0 Å². The van der Waals surface area contributed by atoms with Crippen LogP contribution in [0.15, 0.2) is 30.3 Å². The molecule has 3 amide bonds. The van der Waals surface area contributed by atoms with E-state index in [4.69, 9.17) is 10.8 Å². The summed E-state index contributed by atoms with van der Waals surface area (Å²) in [5, 5.41) is 13.9. The number of carboxylic acid groups (broad SMARTS) is 1. The Labute approximate surface area is 121 Å². The SMILES string of the molecule is NC(=O)NC(C(=O)NC(C(=O)O)C1CC1)c1ccccc1. The Morgan fingerprint density at radius 2 is 1.76 bits per heavy atom. The van der Waals surface area contributed by atoms with Crippen molar-refractivity contribution in [1.29, 1.82) is 0 Å². The minimum absolute atomic E-state index is 0.0450. The van der Waals surface area contributed by atoms with Crippen LogP contribution in [-0.4, -0.2) is 29.1 Å². The third kappa shape index (κ3) is 3.95. The van der Waals surface area contributed by atoms with Crippen molar-refractivity contribution < 1.29 is 19.5 Å². The van der Waals surface area contributed by atoms with Crippen LogP contribution in [0.2, 0.25) is 0 Å². The zero-order valence-electron chi connectivity index (χ0n) is 11.3. The van der Waals surface area contributed by atoms with E-state index >= 15 is 0 Å². The van der Waals surface area contributed by atoms with E-state index in [1.807, 2.05) is 0 Å². The summed E-state index contributed by atoms with van der Waals surface area (Å²) < 4.78 is 0. The highest BCUT2D eigenvalue weighted by Gasteiger charge is 2.38. The van der Waals surface area contributed by atoms with Crippen LogP contribution in [0, 0.1) is 5.92 Å². The van der Waals surface area contributed by atoms with E-state index in [1.165, 1.54) is 0 Å². The zero-order chi connectivity index (χ0) is 15.4. The largest absolute Gasteiger partial charge is 0.480 e. The lowest BCUT2D eigenvalue weighted by molar-refractivity contribution is -0.142. The normalized spacial score (nSPS) is 16.6. The number of rotatable bonds is 6. The number of benzene rings is 1. The lowest BCUT2D eigenvalue weighted by atomic mass is 10.1. The van der Waals surface area contributed by atoms with E-state index in [0.29, 0.717) is 5.56 Å². The molecule has 1 aromatic carbocycles. The van der Waals surface area contributed by atoms with Crippen molar-refractivity contribution in [2.75, 3.05) is 0 Å². The summed E-state index contributed by atoms with van der Waals surface area (Å²) in [7, 11) is 0. The Kier molecular flexibility index (Phi) is 4.42. The number of carboxylic acids is 1. The number of aliphatic carboxylic acids is 1. The average molecular weight is 291 g/mol. The van der Waals surface area contributed by atoms with Gasteiger partial charge in [-0.15, -0.1) is 0 Å². The third-order valence-electron chi connectivity index (χ3n) is 3.34. The maximum Gasteiger partial charge on any atom is 0.326 e. The van der Waals surface area contributed by atoms with E-state index in [2.05, 4.69) is 10.6 Å². The molecule has 0 radical (unpaired) electrons. The molecule has 21 heavy (non-hydrogen) atoms. The third-order valence-corrected chi connectivity index (χ3v) is 3.34. The number of nitrogens with one attached hydrogen (secondary N) is 2. The van der Waals surface area contributed by atoms with Crippen LogP contribution in [0.4, 0.5) is 4.79 Å². The van der Waals surface area contributed by atoms with Gasteiger partial charge in [-0.2, -0.15) is 0 Å². The lowest BCUT2D eigenvalue weighted by Gasteiger charge is -2.20. The summed E-state index contributed by atoms with van der Waals surface area (Å²) in [5.74, 6) is -1.70. The molecule has 0 bridgehead atoms. The monoisotopic (exact) mass is 291 g/mol. The molecule has 2 unspecified atom stereocenters. The van der Waals surface area contributed by atoms with Crippen molar-refractivity contribution in [3.63, 3.8) is 0 Å². The maximum absolute atomic E-state index is 12.3. The highest BCUT2D eigenvalue weighted by molar-refractivity contribution is 5.90. The minimum Gasteiger partial charge on any atom is -0.480 e. The molecule has 0 aliphatic heterocycles. The summed E-state index contributed by atoms with van der Waals surface area (Å²) in [6.07, 6.45) is 1.55. The Balaban J connectivity index is 2.14. The molecule has 7 heteroatoms. The maximum atomic E-state index is 12.3. The molecule has 5 N–H and O–H groups in total. The summed E-state index contributed by atoms with van der Waals surface area (Å²) in [6.45, 7) is 0. The highest BCUT2D eigenvalue weighted by Crippen LogP contribution is 2.33. The van der Waals surface area contributed by atoms with Gasteiger partial charge >= 0.3 is 12.0 Å². The molecule has 1 aliphatic rings. The second-order valence-electron chi connectivity index (χ2n) is 5.01. The Hall–Kier alpha value is -2.57. The number of primary amides is 1. The van der Waals surface area contributed by atoms with Gasteiger partial charge in [0.2, 0.25) is 5.91 Å². The molecule has 2 rings (SSSR count). The van der Waals surface area contributed by atoms with E-state index in [9.17, 15) is 14.4 Å². The number of urea groups is 1. The smallest absolute Gasteiger partial charge is 0.326 e. The topological polar surface area (TPSA) is 122 Å². The predicted octanol–water partition coefficient (Wildman–Crippen LogP) is 0.375. The van der Waals surface area contributed by atoms with Gasteiger partial charge in [-0.25, -0.2) is 9.59 Å². The van der Waals surface area contributed by atoms with E-state index < -0.39 is 30.0 Å². The first-order chi connectivity index (χ1) is 9.99. The van der Waals surface area contributed by atoms with Crippen molar-refractivity contribution in [1.82, 2.24) is 10.6 Å². The van der Waals surface area contributed by atoms with Crippen molar-refractivity contribution in [3.05, 3.63) is 35.9 Å². The Morgan fingerprint density at radius 1 is 1.14 bits per heavy atom. The predicted molar refractivity (Wildman–Crippen MR) is 74.2 cm³/mol. The molecule has 0 spiro atoms. The Morgan fingerprint density at radius 3 is 2.24 bits per heavy atom. The molecular formula is C14H17N3O4. The van der Waals surface area contributed by atoms with Crippen LogP contribution < -0.4 is 16.4 Å². The van der Waals surface area contributed by atoms with Gasteiger partial charge in [0.15, 0.2) is 0 Å². The average Bonchev–Trinajstić information content (AvgIpc) is 3.26. The summed E-state index contributed by atoms with van der Waals surface area (Å²) in [5.41, 5.74) is 5.62. The van der Waals surface area contributed by atoms with Crippen LogP contribution in [0.1, 0.15) is 24.4 Å². The van der Waals surface area contributed by atoms with Gasteiger partial charge in [0.05, 0.1) is 0 Å².